The van der Waals surface area contributed by atoms with Crippen LogP contribution in [0.15, 0.2) is 65.6 Å². The van der Waals surface area contributed by atoms with Crippen LogP contribution in [-0.2, 0) is 10.0 Å². The van der Waals surface area contributed by atoms with Gasteiger partial charge in [-0.05, 0) is 58.7 Å². The van der Waals surface area contributed by atoms with Gasteiger partial charge in [-0.3, -0.25) is 0 Å². The van der Waals surface area contributed by atoms with Gasteiger partial charge in [0.15, 0.2) is 11.5 Å². The third-order valence-electron chi connectivity index (χ3n) is 4.70. The quantitative estimate of drug-likeness (QED) is 0.730. The Kier molecular flexibility index (Phi) is 4.49. The molecule has 144 valence electrons. The van der Waals surface area contributed by atoms with Gasteiger partial charge in [-0.25, -0.2) is 13.6 Å². The SMILES string of the molecule is CN(C)c1ccc(-c2cc3c(cc2-c2ccc(S(N)(=O)=O)cc2)OCO3)cc1. The Balaban J connectivity index is 1.84. The van der Waals surface area contributed by atoms with E-state index < -0.39 is 10.0 Å². The molecule has 6 nitrogen and oxygen atoms in total. The van der Waals surface area contributed by atoms with Crippen molar-refractivity contribution in [3.8, 4) is 33.8 Å². The smallest absolute Gasteiger partial charge is 0.238 e. The molecule has 0 atom stereocenters. The first-order chi connectivity index (χ1) is 13.3. The number of hydrogen-bond acceptors (Lipinski definition) is 5. The van der Waals surface area contributed by atoms with E-state index in [4.69, 9.17) is 14.6 Å². The van der Waals surface area contributed by atoms with Crippen LogP contribution in [0, 0.1) is 0 Å². The molecule has 1 aliphatic heterocycles. The van der Waals surface area contributed by atoms with Gasteiger partial charge < -0.3 is 14.4 Å². The van der Waals surface area contributed by atoms with Crippen molar-refractivity contribution in [2.45, 2.75) is 4.90 Å². The summed E-state index contributed by atoms with van der Waals surface area (Å²) in [4.78, 5) is 2.12. The lowest BCUT2D eigenvalue weighted by atomic mass is 9.93. The van der Waals surface area contributed by atoms with Crippen LogP contribution in [0.3, 0.4) is 0 Å². The fourth-order valence-electron chi connectivity index (χ4n) is 3.18. The second kappa shape index (κ2) is 6.85. The van der Waals surface area contributed by atoms with Gasteiger partial charge in [-0.2, -0.15) is 0 Å². The molecule has 2 N–H and O–H groups in total. The first-order valence-electron chi connectivity index (χ1n) is 8.67. The first kappa shape index (κ1) is 18.3. The molecule has 0 spiro atoms. The van der Waals surface area contributed by atoms with Crippen LogP contribution in [0.2, 0.25) is 0 Å². The van der Waals surface area contributed by atoms with Crippen molar-refractivity contribution in [3.63, 3.8) is 0 Å². The van der Waals surface area contributed by atoms with Gasteiger partial charge in [0.25, 0.3) is 0 Å². The van der Waals surface area contributed by atoms with Gasteiger partial charge in [0.2, 0.25) is 16.8 Å². The summed E-state index contributed by atoms with van der Waals surface area (Å²) in [5, 5.41) is 5.21. The lowest BCUT2D eigenvalue weighted by molar-refractivity contribution is 0.174. The normalized spacial score (nSPS) is 12.8. The van der Waals surface area contributed by atoms with Gasteiger partial charge in [-0.15, -0.1) is 0 Å². The predicted molar refractivity (Wildman–Crippen MR) is 109 cm³/mol. The van der Waals surface area contributed by atoms with Crippen LogP contribution in [0.4, 0.5) is 5.69 Å². The van der Waals surface area contributed by atoms with Crippen molar-refractivity contribution in [2.75, 3.05) is 25.8 Å². The van der Waals surface area contributed by atoms with Crippen molar-refractivity contribution in [3.05, 3.63) is 60.7 Å². The number of primary sulfonamides is 1. The fraction of sp³-hybridized carbons (Fsp3) is 0.143. The van der Waals surface area contributed by atoms with Gasteiger partial charge in [0.1, 0.15) is 0 Å². The minimum Gasteiger partial charge on any atom is -0.454 e. The van der Waals surface area contributed by atoms with Crippen molar-refractivity contribution in [1.29, 1.82) is 0 Å². The Hall–Kier alpha value is -3.03. The van der Waals surface area contributed by atoms with Crippen LogP contribution >= 0.6 is 0 Å². The van der Waals surface area contributed by atoms with Gasteiger partial charge in [-0.1, -0.05) is 24.3 Å². The van der Waals surface area contributed by atoms with Gasteiger partial charge in [0.05, 0.1) is 4.90 Å². The molecule has 28 heavy (non-hydrogen) atoms. The molecular formula is C21H20N2O4S. The zero-order chi connectivity index (χ0) is 19.9. The molecule has 0 saturated carbocycles. The number of rotatable bonds is 4. The Labute approximate surface area is 164 Å². The van der Waals surface area contributed by atoms with Gasteiger partial charge >= 0.3 is 0 Å². The molecule has 1 heterocycles. The highest BCUT2D eigenvalue weighted by Crippen LogP contribution is 2.43. The van der Waals surface area contributed by atoms with Crippen molar-refractivity contribution >= 4 is 15.7 Å². The number of hydrogen-bond donors (Lipinski definition) is 1. The largest absolute Gasteiger partial charge is 0.454 e. The minimum absolute atomic E-state index is 0.0777. The van der Waals surface area contributed by atoms with E-state index in [-0.39, 0.29) is 11.7 Å². The number of anilines is 1. The van der Waals surface area contributed by atoms with E-state index in [1.165, 1.54) is 12.1 Å². The van der Waals surface area contributed by atoms with E-state index in [2.05, 4.69) is 12.1 Å². The molecule has 0 fully saturated rings. The summed E-state index contributed by atoms with van der Waals surface area (Å²) in [5.41, 5.74) is 4.87. The monoisotopic (exact) mass is 396 g/mol. The minimum atomic E-state index is -3.74. The average Bonchev–Trinajstić information content (AvgIpc) is 3.14. The summed E-state index contributed by atoms with van der Waals surface area (Å²) in [6.45, 7) is 0.183. The number of fused-ring (bicyclic) bond motifs is 1. The van der Waals surface area contributed by atoms with Crippen molar-refractivity contribution in [1.82, 2.24) is 0 Å². The Bertz CT molecular complexity index is 1120. The van der Waals surface area contributed by atoms with E-state index in [9.17, 15) is 8.42 Å². The third-order valence-corrected chi connectivity index (χ3v) is 5.63. The lowest BCUT2D eigenvalue weighted by Gasteiger charge is -2.15. The highest BCUT2D eigenvalue weighted by Gasteiger charge is 2.19. The fourth-order valence-corrected chi connectivity index (χ4v) is 3.70. The maximum absolute atomic E-state index is 11.5. The summed E-state index contributed by atoms with van der Waals surface area (Å²) < 4.78 is 34.2. The average molecular weight is 396 g/mol. The molecular weight excluding hydrogens is 376 g/mol. The van der Waals surface area contributed by atoms with Crippen molar-refractivity contribution < 1.29 is 17.9 Å². The van der Waals surface area contributed by atoms with Crippen LogP contribution in [0.1, 0.15) is 0 Å². The summed E-state index contributed by atoms with van der Waals surface area (Å²) >= 11 is 0. The Morgan fingerprint density at radius 2 is 1.29 bits per heavy atom. The standard InChI is InChI=1S/C21H20N2O4S/c1-23(2)16-7-3-14(4-8-16)18-11-20-21(27-13-26-20)12-19(18)15-5-9-17(10-6-15)28(22,24)25/h3-12H,13H2,1-2H3,(H2,22,24,25). The summed E-state index contributed by atoms with van der Waals surface area (Å²) in [6, 6.07) is 18.6. The molecule has 0 amide bonds. The number of ether oxygens (including phenoxy) is 2. The topological polar surface area (TPSA) is 81.9 Å². The first-order valence-corrected chi connectivity index (χ1v) is 10.2. The van der Waals surface area contributed by atoms with E-state index in [0.717, 1.165) is 27.9 Å². The molecule has 3 aromatic rings. The zero-order valence-electron chi connectivity index (χ0n) is 15.5. The highest BCUT2D eigenvalue weighted by atomic mass is 32.2. The predicted octanol–water partition coefficient (Wildman–Crippen LogP) is 3.46. The molecule has 0 unspecified atom stereocenters. The molecule has 3 aromatic carbocycles. The lowest BCUT2D eigenvalue weighted by Crippen LogP contribution is -2.11. The summed E-state index contributed by atoms with van der Waals surface area (Å²) in [6.07, 6.45) is 0. The molecule has 4 rings (SSSR count). The number of nitrogens with zero attached hydrogens (tertiary/aromatic N) is 1. The highest BCUT2D eigenvalue weighted by molar-refractivity contribution is 7.89. The third kappa shape index (κ3) is 3.42. The summed E-state index contributed by atoms with van der Waals surface area (Å²) in [5.74, 6) is 1.36. The molecule has 0 saturated heterocycles. The van der Waals surface area contributed by atoms with E-state index in [1.807, 2.05) is 43.3 Å². The molecule has 1 aliphatic rings. The molecule has 0 aromatic heterocycles. The van der Waals surface area contributed by atoms with E-state index >= 15 is 0 Å². The molecule has 0 aliphatic carbocycles. The zero-order valence-corrected chi connectivity index (χ0v) is 16.4. The van der Waals surface area contributed by atoms with Crippen molar-refractivity contribution in [2.24, 2.45) is 5.14 Å². The second-order valence-corrected chi connectivity index (χ2v) is 8.32. The maximum atomic E-state index is 11.5. The second-order valence-electron chi connectivity index (χ2n) is 6.76. The summed E-state index contributed by atoms with van der Waals surface area (Å²) in [7, 11) is 0.252. The molecule has 0 radical (unpaired) electrons. The number of benzene rings is 3. The van der Waals surface area contributed by atoms with E-state index in [1.54, 1.807) is 12.1 Å². The van der Waals surface area contributed by atoms with Gasteiger partial charge in [0, 0.05) is 19.8 Å². The van der Waals surface area contributed by atoms with E-state index in [0.29, 0.717) is 11.5 Å². The number of sulfonamides is 1. The van der Waals surface area contributed by atoms with Crippen LogP contribution in [0.5, 0.6) is 11.5 Å². The van der Waals surface area contributed by atoms with Crippen LogP contribution < -0.4 is 19.5 Å². The molecule has 7 heteroatoms. The number of nitrogens with two attached hydrogens (primary N) is 1. The maximum Gasteiger partial charge on any atom is 0.238 e. The Morgan fingerprint density at radius 3 is 1.71 bits per heavy atom. The molecule has 0 bridgehead atoms. The Morgan fingerprint density at radius 1 is 0.821 bits per heavy atom. The van der Waals surface area contributed by atoms with Crippen LogP contribution in [0.25, 0.3) is 22.3 Å². The van der Waals surface area contributed by atoms with Crippen LogP contribution in [-0.4, -0.2) is 29.3 Å².